The molecule has 6 nitrogen and oxygen atoms in total. The van der Waals surface area contributed by atoms with Crippen molar-refractivity contribution in [3.05, 3.63) is 52.1 Å². The number of benzene rings is 1. The standard InChI is InChI=1S/C19H13NO5S/c1-3-8-20-17(21)16(26-19(20)24)10-13-5-7-15(25-13)14-6-4-12(18(22)23)9-11(14)2/h1,4-7,9-10H,8H2,2H3,(H,22,23)/b16-10+. The highest BCUT2D eigenvalue weighted by molar-refractivity contribution is 8.18. The van der Waals surface area contributed by atoms with Gasteiger partial charge in [-0.25, -0.2) is 4.79 Å². The van der Waals surface area contributed by atoms with Gasteiger partial charge in [0.25, 0.3) is 11.1 Å². The predicted molar refractivity (Wildman–Crippen MR) is 97.4 cm³/mol. The normalized spacial score (nSPS) is 15.5. The van der Waals surface area contributed by atoms with Crippen LogP contribution in [0, 0.1) is 19.3 Å². The van der Waals surface area contributed by atoms with E-state index in [-0.39, 0.29) is 17.0 Å². The van der Waals surface area contributed by atoms with Crippen molar-refractivity contribution in [3.63, 3.8) is 0 Å². The number of nitrogens with zero attached hydrogens (tertiary/aromatic N) is 1. The largest absolute Gasteiger partial charge is 0.478 e. The average Bonchev–Trinajstić information content (AvgIpc) is 3.15. The molecule has 1 saturated heterocycles. The van der Waals surface area contributed by atoms with Gasteiger partial charge in [0.15, 0.2) is 0 Å². The number of carbonyl (C=O) groups excluding carboxylic acids is 2. The van der Waals surface area contributed by atoms with Gasteiger partial charge in [-0.1, -0.05) is 12.0 Å². The van der Waals surface area contributed by atoms with Crippen LogP contribution in [0.25, 0.3) is 17.4 Å². The van der Waals surface area contributed by atoms with E-state index in [9.17, 15) is 14.4 Å². The fourth-order valence-electron chi connectivity index (χ4n) is 2.51. The molecule has 2 aromatic rings. The Hall–Kier alpha value is -3.24. The van der Waals surface area contributed by atoms with Crippen LogP contribution in [-0.4, -0.2) is 33.7 Å². The third-order valence-corrected chi connectivity index (χ3v) is 4.67. The van der Waals surface area contributed by atoms with Crippen molar-refractivity contribution in [2.24, 2.45) is 0 Å². The molecule has 1 aliphatic rings. The van der Waals surface area contributed by atoms with Gasteiger partial charge in [0.05, 0.1) is 17.0 Å². The van der Waals surface area contributed by atoms with Crippen LogP contribution in [-0.2, 0) is 4.79 Å². The predicted octanol–water partition coefficient (Wildman–Crippen LogP) is 3.62. The summed E-state index contributed by atoms with van der Waals surface area (Å²) in [5.74, 6) is 1.78. The lowest BCUT2D eigenvalue weighted by Crippen LogP contribution is -2.28. The van der Waals surface area contributed by atoms with E-state index < -0.39 is 17.1 Å². The van der Waals surface area contributed by atoms with Gasteiger partial charge in [-0.05, 0) is 48.5 Å². The smallest absolute Gasteiger partial charge is 0.335 e. The number of aryl methyl sites for hydroxylation is 1. The summed E-state index contributed by atoms with van der Waals surface area (Å²) in [5, 5.41) is 8.62. The number of imide groups is 1. The van der Waals surface area contributed by atoms with Gasteiger partial charge >= 0.3 is 5.97 Å². The van der Waals surface area contributed by atoms with Gasteiger partial charge < -0.3 is 9.52 Å². The SMILES string of the molecule is C#CCN1C(=O)S/C(=C/c2ccc(-c3ccc(C(=O)O)cc3C)o2)C1=O. The second kappa shape index (κ2) is 6.94. The Morgan fingerprint density at radius 3 is 2.77 bits per heavy atom. The summed E-state index contributed by atoms with van der Waals surface area (Å²) in [7, 11) is 0. The molecule has 1 aromatic heterocycles. The van der Waals surface area contributed by atoms with Crippen LogP contribution < -0.4 is 0 Å². The monoisotopic (exact) mass is 367 g/mol. The summed E-state index contributed by atoms with van der Waals surface area (Å²) in [4.78, 5) is 36.2. The van der Waals surface area contributed by atoms with Crippen LogP contribution >= 0.6 is 11.8 Å². The fraction of sp³-hybridized carbons (Fsp3) is 0.105. The molecular weight excluding hydrogens is 354 g/mol. The van der Waals surface area contributed by atoms with E-state index in [1.807, 2.05) is 0 Å². The number of thioether (sulfide) groups is 1. The number of carbonyl (C=O) groups is 3. The zero-order chi connectivity index (χ0) is 18.8. The lowest BCUT2D eigenvalue weighted by molar-refractivity contribution is -0.122. The van der Waals surface area contributed by atoms with Gasteiger partial charge in [0.2, 0.25) is 0 Å². The number of hydrogen-bond donors (Lipinski definition) is 1. The first-order valence-electron chi connectivity index (χ1n) is 7.53. The Labute approximate surface area is 153 Å². The molecule has 26 heavy (non-hydrogen) atoms. The molecule has 2 heterocycles. The van der Waals surface area contributed by atoms with Crippen LogP contribution in [0.4, 0.5) is 4.79 Å². The van der Waals surface area contributed by atoms with Crippen LogP contribution in [0.3, 0.4) is 0 Å². The minimum Gasteiger partial charge on any atom is -0.478 e. The molecule has 0 atom stereocenters. The number of hydrogen-bond acceptors (Lipinski definition) is 5. The lowest BCUT2D eigenvalue weighted by Gasteiger charge is -2.06. The molecule has 0 unspecified atom stereocenters. The molecule has 130 valence electrons. The van der Waals surface area contributed by atoms with Gasteiger partial charge in [0, 0.05) is 11.6 Å². The van der Waals surface area contributed by atoms with E-state index in [4.69, 9.17) is 15.9 Å². The van der Waals surface area contributed by atoms with E-state index in [0.29, 0.717) is 11.5 Å². The summed E-state index contributed by atoms with van der Waals surface area (Å²) in [5.41, 5.74) is 1.69. The molecular formula is C19H13NO5S. The summed E-state index contributed by atoms with van der Waals surface area (Å²) >= 11 is 0.808. The molecule has 0 spiro atoms. The highest BCUT2D eigenvalue weighted by Gasteiger charge is 2.34. The van der Waals surface area contributed by atoms with Crippen molar-refractivity contribution in [1.82, 2.24) is 4.90 Å². The highest BCUT2D eigenvalue weighted by atomic mass is 32.2. The number of rotatable bonds is 4. The Bertz CT molecular complexity index is 996. The highest BCUT2D eigenvalue weighted by Crippen LogP contribution is 2.33. The van der Waals surface area contributed by atoms with Gasteiger partial charge in [-0.3, -0.25) is 14.5 Å². The summed E-state index contributed by atoms with van der Waals surface area (Å²) in [6, 6.07) is 8.13. The third-order valence-electron chi connectivity index (χ3n) is 3.76. The number of carboxylic acids is 1. The number of furan rings is 1. The summed E-state index contributed by atoms with van der Waals surface area (Å²) in [6.45, 7) is 1.72. The Morgan fingerprint density at radius 2 is 2.12 bits per heavy atom. The minimum atomic E-state index is -0.998. The van der Waals surface area contributed by atoms with E-state index in [1.54, 1.807) is 31.2 Å². The number of amides is 2. The average molecular weight is 367 g/mol. The quantitative estimate of drug-likeness (QED) is 0.656. The zero-order valence-corrected chi connectivity index (χ0v) is 14.5. The lowest BCUT2D eigenvalue weighted by atomic mass is 10.0. The molecule has 7 heteroatoms. The van der Waals surface area contributed by atoms with Crippen molar-refractivity contribution >= 4 is 35.0 Å². The molecule has 1 aliphatic heterocycles. The maximum atomic E-state index is 12.2. The zero-order valence-electron chi connectivity index (χ0n) is 13.7. The molecule has 3 rings (SSSR count). The maximum absolute atomic E-state index is 12.2. The van der Waals surface area contributed by atoms with Gasteiger partial charge in [-0.2, -0.15) is 0 Å². The molecule has 0 radical (unpaired) electrons. The Morgan fingerprint density at radius 1 is 1.35 bits per heavy atom. The Kier molecular flexibility index (Phi) is 4.69. The van der Waals surface area contributed by atoms with E-state index in [0.717, 1.165) is 27.8 Å². The van der Waals surface area contributed by atoms with Crippen LogP contribution in [0.5, 0.6) is 0 Å². The van der Waals surface area contributed by atoms with Crippen molar-refractivity contribution < 1.29 is 23.9 Å². The second-order valence-electron chi connectivity index (χ2n) is 5.51. The summed E-state index contributed by atoms with van der Waals surface area (Å²) < 4.78 is 5.73. The second-order valence-corrected chi connectivity index (χ2v) is 6.50. The van der Waals surface area contributed by atoms with Crippen molar-refractivity contribution in [3.8, 4) is 23.7 Å². The van der Waals surface area contributed by atoms with Crippen LogP contribution in [0.1, 0.15) is 21.7 Å². The van der Waals surface area contributed by atoms with Crippen molar-refractivity contribution in [1.29, 1.82) is 0 Å². The van der Waals surface area contributed by atoms with Crippen LogP contribution in [0.15, 0.2) is 39.7 Å². The van der Waals surface area contributed by atoms with Crippen LogP contribution in [0.2, 0.25) is 0 Å². The van der Waals surface area contributed by atoms with Crippen molar-refractivity contribution in [2.75, 3.05) is 6.54 Å². The topological polar surface area (TPSA) is 87.8 Å². The Balaban J connectivity index is 1.87. The number of terminal acetylenes is 1. The number of carboxylic acid groups (broad SMARTS) is 1. The van der Waals surface area contributed by atoms with Gasteiger partial charge in [-0.15, -0.1) is 6.42 Å². The molecule has 1 fully saturated rings. The molecule has 1 N–H and O–H groups in total. The minimum absolute atomic E-state index is 0.0689. The molecule has 0 saturated carbocycles. The molecule has 0 bridgehead atoms. The van der Waals surface area contributed by atoms with Gasteiger partial charge in [0.1, 0.15) is 11.5 Å². The van der Waals surface area contributed by atoms with Crippen molar-refractivity contribution in [2.45, 2.75) is 6.92 Å². The molecule has 0 aliphatic carbocycles. The van der Waals surface area contributed by atoms with E-state index >= 15 is 0 Å². The summed E-state index contributed by atoms with van der Waals surface area (Å²) in [6.07, 6.45) is 6.65. The molecule has 2 amide bonds. The number of aromatic carboxylic acids is 1. The first kappa shape index (κ1) is 17.6. The van der Waals surface area contributed by atoms with E-state index in [1.165, 1.54) is 12.1 Å². The molecule has 1 aromatic carbocycles. The first-order valence-corrected chi connectivity index (χ1v) is 8.35. The first-order chi connectivity index (χ1) is 12.4. The third kappa shape index (κ3) is 3.27. The maximum Gasteiger partial charge on any atom is 0.335 e. The fourth-order valence-corrected chi connectivity index (χ4v) is 3.32. The van der Waals surface area contributed by atoms with E-state index in [2.05, 4.69) is 5.92 Å².